The van der Waals surface area contributed by atoms with Gasteiger partial charge in [-0.1, -0.05) is 37.3 Å². The van der Waals surface area contributed by atoms with Gasteiger partial charge in [-0.25, -0.2) is 0 Å². The molecular weight excluding hydrogens is 319 g/mol. The van der Waals surface area contributed by atoms with Gasteiger partial charge in [-0.2, -0.15) is 0 Å². The second kappa shape index (κ2) is 6.73. The number of hydrogen-bond acceptors (Lipinski definition) is 3. The fourth-order valence-electron chi connectivity index (χ4n) is 2.45. The molecule has 0 amide bonds. The highest BCUT2D eigenvalue weighted by Gasteiger charge is 2.33. The highest BCUT2D eigenvalue weighted by Crippen LogP contribution is 2.37. The zero-order valence-corrected chi connectivity index (χ0v) is 13.2. The van der Waals surface area contributed by atoms with Gasteiger partial charge in [-0.3, -0.25) is 0 Å². The Balaban J connectivity index is 1.90. The van der Waals surface area contributed by atoms with E-state index in [9.17, 15) is 13.2 Å². The highest BCUT2D eigenvalue weighted by molar-refractivity contribution is 5.67. The molecule has 1 saturated heterocycles. The van der Waals surface area contributed by atoms with Crippen LogP contribution in [0.25, 0.3) is 11.1 Å². The Morgan fingerprint density at radius 1 is 1.00 bits per heavy atom. The van der Waals surface area contributed by atoms with Gasteiger partial charge in [0.15, 0.2) is 11.5 Å². The Morgan fingerprint density at radius 3 is 2.21 bits per heavy atom. The first-order valence-corrected chi connectivity index (χ1v) is 7.81. The summed E-state index contributed by atoms with van der Waals surface area (Å²) in [6.07, 6.45) is -3.98. The van der Waals surface area contributed by atoms with E-state index in [4.69, 9.17) is 4.74 Å². The molecule has 0 spiro atoms. The van der Waals surface area contributed by atoms with E-state index in [1.165, 1.54) is 17.7 Å². The Kier molecular flexibility index (Phi) is 4.66. The number of alkyl halides is 3. The standard InChI is InChI=1S/C18H18F3NO2/c1-2-12-3-5-13(6-4-12)14-7-8-16(23-15-10-22-11-15)17(9-14)24-18(19,20)21/h3-9,15,22H,2,10-11H2,1H3. The molecule has 2 aromatic carbocycles. The van der Waals surface area contributed by atoms with E-state index in [0.29, 0.717) is 18.7 Å². The first-order chi connectivity index (χ1) is 11.4. The third kappa shape index (κ3) is 4.00. The van der Waals surface area contributed by atoms with Crippen LogP contribution in [-0.2, 0) is 6.42 Å². The lowest BCUT2D eigenvalue weighted by Crippen LogP contribution is -2.50. The van der Waals surface area contributed by atoms with Crippen LogP contribution in [0.5, 0.6) is 11.5 Å². The number of benzene rings is 2. The molecule has 128 valence electrons. The van der Waals surface area contributed by atoms with E-state index < -0.39 is 6.36 Å². The van der Waals surface area contributed by atoms with Crippen LogP contribution in [0.2, 0.25) is 0 Å². The predicted octanol–water partition coefficient (Wildman–Crippen LogP) is 4.17. The molecule has 3 nitrogen and oxygen atoms in total. The number of rotatable bonds is 5. The summed E-state index contributed by atoms with van der Waals surface area (Å²) in [5.41, 5.74) is 2.65. The fraction of sp³-hybridized carbons (Fsp3) is 0.333. The Hall–Kier alpha value is -2.21. The van der Waals surface area contributed by atoms with Gasteiger partial charge in [0.1, 0.15) is 6.10 Å². The first-order valence-electron chi connectivity index (χ1n) is 7.81. The fourth-order valence-corrected chi connectivity index (χ4v) is 2.45. The Labute approximate surface area is 138 Å². The largest absolute Gasteiger partial charge is 0.573 e. The molecule has 6 heteroatoms. The van der Waals surface area contributed by atoms with Crippen LogP contribution in [-0.4, -0.2) is 25.6 Å². The zero-order valence-electron chi connectivity index (χ0n) is 13.2. The highest BCUT2D eigenvalue weighted by atomic mass is 19.4. The van der Waals surface area contributed by atoms with E-state index in [1.54, 1.807) is 6.07 Å². The molecule has 1 heterocycles. The van der Waals surface area contributed by atoms with Crippen molar-refractivity contribution >= 4 is 0 Å². The van der Waals surface area contributed by atoms with Gasteiger partial charge < -0.3 is 14.8 Å². The summed E-state index contributed by atoms with van der Waals surface area (Å²) >= 11 is 0. The van der Waals surface area contributed by atoms with E-state index in [1.807, 2.05) is 31.2 Å². The molecular formula is C18H18F3NO2. The molecule has 0 aliphatic carbocycles. The van der Waals surface area contributed by atoms with Gasteiger partial charge in [0.25, 0.3) is 0 Å². The summed E-state index contributed by atoms with van der Waals surface area (Å²) in [7, 11) is 0. The van der Waals surface area contributed by atoms with Crippen molar-refractivity contribution in [2.24, 2.45) is 0 Å². The molecule has 3 rings (SSSR count). The second-order valence-corrected chi connectivity index (χ2v) is 5.66. The van der Waals surface area contributed by atoms with Crippen molar-refractivity contribution in [1.29, 1.82) is 0 Å². The first kappa shape index (κ1) is 16.6. The van der Waals surface area contributed by atoms with Crippen LogP contribution < -0.4 is 14.8 Å². The average Bonchev–Trinajstić information content (AvgIpc) is 2.50. The summed E-state index contributed by atoms with van der Waals surface area (Å²) in [4.78, 5) is 0. The van der Waals surface area contributed by atoms with Gasteiger partial charge in [0, 0.05) is 13.1 Å². The molecule has 1 aliphatic heterocycles. The van der Waals surface area contributed by atoms with Crippen molar-refractivity contribution in [3.63, 3.8) is 0 Å². The van der Waals surface area contributed by atoms with Crippen LogP contribution >= 0.6 is 0 Å². The molecule has 24 heavy (non-hydrogen) atoms. The summed E-state index contributed by atoms with van der Waals surface area (Å²) in [5, 5.41) is 3.01. The molecule has 1 fully saturated rings. The monoisotopic (exact) mass is 337 g/mol. The van der Waals surface area contributed by atoms with Crippen molar-refractivity contribution in [1.82, 2.24) is 5.32 Å². The SMILES string of the molecule is CCc1ccc(-c2ccc(OC3CNC3)c(OC(F)(F)F)c2)cc1. The Morgan fingerprint density at radius 2 is 1.67 bits per heavy atom. The molecule has 0 unspecified atom stereocenters. The Bertz CT molecular complexity index is 694. The number of ether oxygens (including phenoxy) is 2. The maximum absolute atomic E-state index is 12.7. The topological polar surface area (TPSA) is 30.5 Å². The lowest BCUT2D eigenvalue weighted by molar-refractivity contribution is -0.275. The maximum atomic E-state index is 12.7. The maximum Gasteiger partial charge on any atom is 0.573 e. The van der Waals surface area contributed by atoms with Crippen LogP contribution in [0.4, 0.5) is 13.2 Å². The van der Waals surface area contributed by atoms with Gasteiger partial charge in [-0.05, 0) is 35.2 Å². The minimum atomic E-state index is -4.76. The predicted molar refractivity (Wildman–Crippen MR) is 85.2 cm³/mol. The number of halogens is 3. The van der Waals surface area contributed by atoms with E-state index in [0.717, 1.165) is 12.0 Å². The van der Waals surface area contributed by atoms with Crippen molar-refractivity contribution < 1.29 is 22.6 Å². The molecule has 2 aromatic rings. The lowest BCUT2D eigenvalue weighted by Gasteiger charge is -2.28. The van der Waals surface area contributed by atoms with Gasteiger partial charge in [0.05, 0.1) is 0 Å². The van der Waals surface area contributed by atoms with Crippen molar-refractivity contribution in [2.45, 2.75) is 25.8 Å². The van der Waals surface area contributed by atoms with Crippen molar-refractivity contribution in [3.05, 3.63) is 48.0 Å². The van der Waals surface area contributed by atoms with E-state index in [-0.39, 0.29) is 17.6 Å². The van der Waals surface area contributed by atoms with Crippen molar-refractivity contribution in [2.75, 3.05) is 13.1 Å². The molecule has 1 aliphatic rings. The molecule has 0 bridgehead atoms. The normalized spacial score (nSPS) is 15.0. The van der Waals surface area contributed by atoms with Crippen LogP contribution in [0.3, 0.4) is 0 Å². The smallest absolute Gasteiger partial charge is 0.484 e. The third-order valence-electron chi connectivity index (χ3n) is 3.90. The molecule has 0 radical (unpaired) electrons. The van der Waals surface area contributed by atoms with Crippen molar-refractivity contribution in [3.8, 4) is 22.6 Å². The third-order valence-corrected chi connectivity index (χ3v) is 3.90. The van der Waals surface area contributed by atoms with Gasteiger partial charge in [0.2, 0.25) is 0 Å². The van der Waals surface area contributed by atoms with Gasteiger partial charge >= 0.3 is 6.36 Å². The zero-order chi connectivity index (χ0) is 17.2. The van der Waals surface area contributed by atoms with Crippen LogP contribution in [0, 0.1) is 0 Å². The average molecular weight is 337 g/mol. The second-order valence-electron chi connectivity index (χ2n) is 5.66. The van der Waals surface area contributed by atoms with Gasteiger partial charge in [-0.15, -0.1) is 13.2 Å². The summed E-state index contributed by atoms with van der Waals surface area (Å²) in [6, 6.07) is 12.3. The van der Waals surface area contributed by atoms with E-state index >= 15 is 0 Å². The summed E-state index contributed by atoms with van der Waals surface area (Å²) < 4.78 is 47.8. The molecule has 0 atom stereocenters. The number of hydrogen-bond donors (Lipinski definition) is 1. The minimum absolute atomic E-state index is 0.104. The van der Waals surface area contributed by atoms with Crippen LogP contribution in [0.1, 0.15) is 12.5 Å². The number of nitrogens with one attached hydrogen (secondary N) is 1. The van der Waals surface area contributed by atoms with E-state index in [2.05, 4.69) is 10.1 Å². The summed E-state index contributed by atoms with van der Waals surface area (Å²) in [5.74, 6) is -0.209. The number of aryl methyl sites for hydroxylation is 1. The summed E-state index contributed by atoms with van der Waals surface area (Å²) in [6.45, 7) is 3.28. The molecule has 1 N–H and O–H groups in total. The molecule has 0 aromatic heterocycles. The quantitative estimate of drug-likeness (QED) is 0.888. The lowest BCUT2D eigenvalue weighted by atomic mass is 10.0. The van der Waals surface area contributed by atoms with Crippen LogP contribution in [0.15, 0.2) is 42.5 Å². The minimum Gasteiger partial charge on any atom is -0.484 e. The molecule has 0 saturated carbocycles.